The van der Waals surface area contributed by atoms with Crippen molar-refractivity contribution in [3.05, 3.63) is 24.3 Å². The Morgan fingerprint density at radius 3 is 2.14 bits per heavy atom. The second kappa shape index (κ2) is 10.5. The van der Waals surface area contributed by atoms with Gasteiger partial charge in [0.2, 0.25) is 0 Å². The van der Waals surface area contributed by atoms with Crippen LogP contribution in [0, 0.1) is 0 Å². The van der Waals surface area contributed by atoms with Gasteiger partial charge in [0.05, 0.1) is 0 Å². The van der Waals surface area contributed by atoms with Crippen LogP contribution in [-0.4, -0.2) is 12.6 Å². The molecule has 0 fully saturated rings. The van der Waals surface area contributed by atoms with E-state index in [-0.39, 0.29) is 6.04 Å². The molecule has 0 aromatic carbocycles. The molecule has 0 bridgehead atoms. The van der Waals surface area contributed by atoms with Crippen LogP contribution in [-0.2, 0) is 0 Å². The Hall–Kier alpha value is -0.600. The van der Waals surface area contributed by atoms with E-state index in [1.165, 1.54) is 12.8 Å². The third-order valence-electron chi connectivity index (χ3n) is 2.03. The fraction of sp³-hybridized carbons (Fsp3) is 0.667. The summed E-state index contributed by atoms with van der Waals surface area (Å²) in [4.78, 5) is 0. The molecule has 1 atom stereocenters. The minimum atomic E-state index is 0.127. The van der Waals surface area contributed by atoms with Crippen LogP contribution in [0.1, 0.15) is 39.0 Å². The Morgan fingerprint density at radius 1 is 1.00 bits per heavy atom. The molecule has 0 amide bonds. The van der Waals surface area contributed by atoms with E-state index in [9.17, 15) is 0 Å². The van der Waals surface area contributed by atoms with Crippen molar-refractivity contribution in [2.45, 2.75) is 45.1 Å². The molecule has 1 unspecified atom stereocenters. The van der Waals surface area contributed by atoms with Gasteiger partial charge in [-0.05, 0) is 25.7 Å². The predicted octanol–water partition coefficient (Wildman–Crippen LogP) is 2.36. The molecule has 0 aromatic rings. The summed E-state index contributed by atoms with van der Waals surface area (Å²) in [5, 5.41) is 0. The van der Waals surface area contributed by atoms with Crippen molar-refractivity contribution in [2.24, 2.45) is 11.5 Å². The third-order valence-corrected chi connectivity index (χ3v) is 2.03. The number of allylic oxidation sites excluding steroid dienone is 3. The fourth-order valence-corrected chi connectivity index (χ4v) is 1.08. The van der Waals surface area contributed by atoms with E-state index in [0.29, 0.717) is 6.54 Å². The van der Waals surface area contributed by atoms with Gasteiger partial charge in [-0.1, -0.05) is 37.6 Å². The minimum absolute atomic E-state index is 0.127. The lowest BCUT2D eigenvalue weighted by Gasteiger charge is -2.02. The molecule has 0 aliphatic rings. The molecule has 0 saturated heterocycles. The maximum Gasteiger partial charge on any atom is 0.0197 e. The SMILES string of the molecule is CCCC=CCCC=CCC(N)CN. The Bertz CT molecular complexity index is 162. The molecule has 0 aliphatic carbocycles. The van der Waals surface area contributed by atoms with E-state index < -0.39 is 0 Å². The van der Waals surface area contributed by atoms with Crippen LogP contribution in [0.5, 0.6) is 0 Å². The first-order valence-electron chi connectivity index (χ1n) is 5.56. The lowest BCUT2D eigenvalue weighted by atomic mass is 10.2. The highest BCUT2D eigenvalue weighted by Gasteiger charge is 1.92. The first-order chi connectivity index (χ1) is 6.81. The van der Waals surface area contributed by atoms with Gasteiger partial charge in [0.15, 0.2) is 0 Å². The molecule has 2 nitrogen and oxygen atoms in total. The lowest BCUT2D eigenvalue weighted by molar-refractivity contribution is 0.691. The topological polar surface area (TPSA) is 52.0 Å². The Balaban J connectivity index is 3.26. The van der Waals surface area contributed by atoms with Gasteiger partial charge in [-0.25, -0.2) is 0 Å². The third kappa shape index (κ3) is 9.49. The molecule has 0 saturated carbocycles. The summed E-state index contributed by atoms with van der Waals surface area (Å²) in [6.45, 7) is 2.76. The second-order valence-electron chi connectivity index (χ2n) is 3.54. The smallest absolute Gasteiger partial charge is 0.0197 e. The van der Waals surface area contributed by atoms with Gasteiger partial charge in [-0.3, -0.25) is 0 Å². The molecule has 2 heteroatoms. The van der Waals surface area contributed by atoms with E-state index in [1.807, 2.05) is 0 Å². The van der Waals surface area contributed by atoms with E-state index in [2.05, 4.69) is 31.2 Å². The van der Waals surface area contributed by atoms with Crippen molar-refractivity contribution in [3.8, 4) is 0 Å². The number of rotatable bonds is 8. The van der Waals surface area contributed by atoms with Crippen LogP contribution in [0.15, 0.2) is 24.3 Å². The number of nitrogens with two attached hydrogens (primary N) is 2. The summed E-state index contributed by atoms with van der Waals surface area (Å²) in [5.41, 5.74) is 11.1. The van der Waals surface area contributed by atoms with Crippen LogP contribution < -0.4 is 11.5 Å². The summed E-state index contributed by atoms with van der Waals surface area (Å²) < 4.78 is 0. The van der Waals surface area contributed by atoms with Gasteiger partial charge in [0.25, 0.3) is 0 Å². The molecule has 0 radical (unpaired) electrons. The molecule has 82 valence electrons. The van der Waals surface area contributed by atoms with Crippen molar-refractivity contribution in [1.82, 2.24) is 0 Å². The highest BCUT2D eigenvalue weighted by atomic mass is 14.7. The number of hydrogen-bond donors (Lipinski definition) is 2. The first-order valence-corrected chi connectivity index (χ1v) is 5.56. The maximum absolute atomic E-state index is 5.66. The van der Waals surface area contributed by atoms with Gasteiger partial charge < -0.3 is 11.5 Å². The summed E-state index contributed by atoms with van der Waals surface area (Å²) in [6, 6.07) is 0.127. The molecule has 0 spiro atoms. The highest BCUT2D eigenvalue weighted by Crippen LogP contribution is 1.97. The van der Waals surface area contributed by atoms with Gasteiger partial charge in [-0.15, -0.1) is 0 Å². The second-order valence-corrected chi connectivity index (χ2v) is 3.54. The average Bonchev–Trinajstić information content (AvgIpc) is 2.21. The number of hydrogen-bond acceptors (Lipinski definition) is 2. The van der Waals surface area contributed by atoms with Gasteiger partial charge >= 0.3 is 0 Å². The average molecular weight is 196 g/mol. The van der Waals surface area contributed by atoms with Crippen molar-refractivity contribution in [3.63, 3.8) is 0 Å². The Kier molecular flexibility index (Phi) is 10.0. The zero-order valence-electron chi connectivity index (χ0n) is 9.28. The van der Waals surface area contributed by atoms with Gasteiger partial charge in [0.1, 0.15) is 0 Å². The molecular weight excluding hydrogens is 172 g/mol. The molecule has 4 N–H and O–H groups in total. The van der Waals surface area contributed by atoms with Crippen molar-refractivity contribution >= 4 is 0 Å². The molecular formula is C12H24N2. The molecule has 0 heterocycles. The van der Waals surface area contributed by atoms with E-state index >= 15 is 0 Å². The zero-order chi connectivity index (χ0) is 10.6. The Labute approximate surface area is 88.1 Å². The molecule has 0 aliphatic heterocycles. The quantitative estimate of drug-likeness (QED) is 0.462. The predicted molar refractivity (Wildman–Crippen MR) is 64.1 cm³/mol. The summed E-state index contributed by atoms with van der Waals surface area (Å²) in [6.07, 6.45) is 14.4. The lowest BCUT2D eigenvalue weighted by Crippen LogP contribution is -2.28. The summed E-state index contributed by atoms with van der Waals surface area (Å²) >= 11 is 0. The van der Waals surface area contributed by atoms with Gasteiger partial charge in [0, 0.05) is 12.6 Å². The monoisotopic (exact) mass is 196 g/mol. The van der Waals surface area contributed by atoms with E-state index in [4.69, 9.17) is 11.5 Å². The van der Waals surface area contributed by atoms with E-state index in [1.54, 1.807) is 0 Å². The highest BCUT2D eigenvalue weighted by molar-refractivity contribution is 4.89. The minimum Gasteiger partial charge on any atom is -0.329 e. The maximum atomic E-state index is 5.66. The normalized spacial score (nSPS) is 14.2. The van der Waals surface area contributed by atoms with E-state index in [0.717, 1.165) is 19.3 Å². The van der Waals surface area contributed by atoms with Crippen LogP contribution in [0.2, 0.25) is 0 Å². The van der Waals surface area contributed by atoms with Crippen molar-refractivity contribution < 1.29 is 0 Å². The Morgan fingerprint density at radius 2 is 1.57 bits per heavy atom. The molecule has 0 rings (SSSR count). The van der Waals surface area contributed by atoms with Crippen molar-refractivity contribution in [2.75, 3.05) is 6.54 Å². The van der Waals surface area contributed by atoms with Crippen LogP contribution in [0.3, 0.4) is 0 Å². The fourth-order valence-electron chi connectivity index (χ4n) is 1.08. The summed E-state index contributed by atoms with van der Waals surface area (Å²) in [5.74, 6) is 0. The summed E-state index contributed by atoms with van der Waals surface area (Å²) in [7, 11) is 0. The van der Waals surface area contributed by atoms with Crippen LogP contribution >= 0.6 is 0 Å². The van der Waals surface area contributed by atoms with Gasteiger partial charge in [-0.2, -0.15) is 0 Å². The first kappa shape index (κ1) is 13.4. The molecule has 14 heavy (non-hydrogen) atoms. The standard InChI is InChI=1S/C12H24N2/c1-2-3-4-5-6-7-8-9-10-12(14)11-13/h4-5,8-9,12H,2-3,6-7,10-11,13-14H2,1H3. The van der Waals surface area contributed by atoms with Crippen LogP contribution in [0.4, 0.5) is 0 Å². The number of unbranched alkanes of at least 4 members (excludes halogenated alkanes) is 2. The largest absolute Gasteiger partial charge is 0.329 e. The van der Waals surface area contributed by atoms with Crippen molar-refractivity contribution in [1.29, 1.82) is 0 Å². The van der Waals surface area contributed by atoms with Crippen LogP contribution in [0.25, 0.3) is 0 Å². The zero-order valence-corrected chi connectivity index (χ0v) is 9.28. The molecule has 0 aromatic heterocycles.